The van der Waals surface area contributed by atoms with Gasteiger partial charge in [0.2, 0.25) is 0 Å². The zero-order valence-electron chi connectivity index (χ0n) is 13.2. The van der Waals surface area contributed by atoms with Gasteiger partial charge in [0.1, 0.15) is 0 Å². The summed E-state index contributed by atoms with van der Waals surface area (Å²) in [4.78, 5) is 0. The van der Waals surface area contributed by atoms with Crippen LogP contribution in [0, 0.1) is 5.92 Å². The number of nitrogens with one attached hydrogen (secondary N) is 1. The molecule has 1 aliphatic carbocycles. The Bertz CT molecular complexity index is 456. The van der Waals surface area contributed by atoms with Crippen molar-refractivity contribution >= 4 is 15.9 Å². The first-order valence-electron chi connectivity index (χ1n) is 7.81. The SMILES string of the molecule is CCC1CCC(NCc2cc(Br)c(OC)c(OC)c2)CC1. The quantitative estimate of drug-likeness (QED) is 0.813. The van der Waals surface area contributed by atoms with Gasteiger partial charge >= 0.3 is 0 Å². The molecule has 1 aromatic rings. The molecule has 1 fully saturated rings. The lowest BCUT2D eigenvalue weighted by atomic mass is 9.84. The predicted molar refractivity (Wildman–Crippen MR) is 90.1 cm³/mol. The van der Waals surface area contributed by atoms with Crippen LogP contribution in [-0.2, 0) is 6.54 Å². The number of hydrogen-bond donors (Lipinski definition) is 1. The molecule has 3 nitrogen and oxygen atoms in total. The fraction of sp³-hybridized carbons (Fsp3) is 0.647. The second-order valence-electron chi connectivity index (χ2n) is 5.82. The minimum atomic E-state index is 0.652. The summed E-state index contributed by atoms with van der Waals surface area (Å²) in [5, 5.41) is 3.68. The summed E-state index contributed by atoms with van der Waals surface area (Å²) < 4.78 is 11.7. The Balaban J connectivity index is 1.93. The molecule has 0 saturated heterocycles. The molecule has 1 aliphatic rings. The van der Waals surface area contributed by atoms with Crippen molar-refractivity contribution in [3.63, 3.8) is 0 Å². The van der Waals surface area contributed by atoms with Crippen LogP contribution in [-0.4, -0.2) is 20.3 Å². The van der Waals surface area contributed by atoms with Crippen molar-refractivity contribution in [1.82, 2.24) is 5.32 Å². The predicted octanol–water partition coefficient (Wildman–Crippen LogP) is 4.52. The van der Waals surface area contributed by atoms with Crippen molar-refractivity contribution in [2.24, 2.45) is 5.92 Å². The van der Waals surface area contributed by atoms with Crippen molar-refractivity contribution < 1.29 is 9.47 Å². The van der Waals surface area contributed by atoms with Crippen LogP contribution in [0.4, 0.5) is 0 Å². The monoisotopic (exact) mass is 355 g/mol. The third kappa shape index (κ3) is 4.36. The Kier molecular flexibility index (Phi) is 6.37. The molecule has 21 heavy (non-hydrogen) atoms. The fourth-order valence-corrected chi connectivity index (χ4v) is 3.76. The third-order valence-corrected chi connectivity index (χ3v) is 5.10. The summed E-state index contributed by atoms with van der Waals surface area (Å²) in [6.45, 7) is 3.18. The normalized spacial score (nSPS) is 22.1. The van der Waals surface area contributed by atoms with E-state index < -0.39 is 0 Å². The van der Waals surface area contributed by atoms with Gasteiger partial charge in [-0.05, 0) is 65.2 Å². The number of rotatable bonds is 6. The van der Waals surface area contributed by atoms with Gasteiger partial charge in [-0.2, -0.15) is 0 Å². The van der Waals surface area contributed by atoms with Gasteiger partial charge in [-0.25, -0.2) is 0 Å². The molecule has 4 heteroatoms. The molecule has 0 atom stereocenters. The lowest BCUT2D eigenvalue weighted by Crippen LogP contribution is -2.32. The van der Waals surface area contributed by atoms with Crippen LogP contribution in [0.3, 0.4) is 0 Å². The highest BCUT2D eigenvalue weighted by Gasteiger charge is 2.19. The van der Waals surface area contributed by atoms with E-state index >= 15 is 0 Å². The van der Waals surface area contributed by atoms with E-state index in [4.69, 9.17) is 9.47 Å². The highest BCUT2D eigenvalue weighted by Crippen LogP contribution is 2.36. The summed E-state index contributed by atoms with van der Waals surface area (Å²) in [6.07, 6.45) is 6.66. The van der Waals surface area contributed by atoms with Gasteiger partial charge in [0, 0.05) is 12.6 Å². The highest BCUT2D eigenvalue weighted by atomic mass is 79.9. The maximum Gasteiger partial charge on any atom is 0.174 e. The molecule has 1 saturated carbocycles. The summed E-state index contributed by atoms with van der Waals surface area (Å²) in [7, 11) is 3.33. The topological polar surface area (TPSA) is 30.5 Å². The molecule has 0 bridgehead atoms. The van der Waals surface area contributed by atoms with E-state index in [1.807, 2.05) is 6.07 Å². The van der Waals surface area contributed by atoms with Crippen LogP contribution >= 0.6 is 15.9 Å². The van der Waals surface area contributed by atoms with E-state index in [2.05, 4.69) is 34.2 Å². The van der Waals surface area contributed by atoms with Gasteiger partial charge in [-0.1, -0.05) is 13.3 Å². The van der Waals surface area contributed by atoms with Crippen molar-refractivity contribution in [3.05, 3.63) is 22.2 Å². The zero-order valence-corrected chi connectivity index (χ0v) is 14.8. The van der Waals surface area contributed by atoms with Crippen LogP contribution in [0.25, 0.3) is 0 Å². The van der Waals surface area contributed by atoms with E-state index in [9.17, 15) is 0 Å². The van der Waals surface area contributed by atoms with Crippen LogP contribution < -0.4 is 14.8 Å². The average molecular weight is 356 g/mol. The number of benzene rings is 1. The van der Waals surface area contributed by atoms with Gasteiger partial charge < -0.3 is 14.8 Å². The molecule has 2 rings (SSSR count). The van der Waals surface area contributed by atoms with Gasteiger partial charge in [0.15, 0.2) is 11.5 Å². The van der Waals surface area contributed by atoms with E-state index in [-0.39, 0.29) is 0 Å². The Labute approximate surface area is 136 Å². The molecule has 0 aliphatic heterocycles. The molecule has 0 aromatic heterocycles. The first-order valence-corrected chi connectivity index (χ1v) is 8.61. The number of hydrogen-bond acceptors (Lipinski definition) is 3. The Morgan fingerprint density at radius 1 is 1.14 bits per heavy atom. The van der Waals surface area contributed by atoms with Crippen molar-refractivity contribution in [2.45, 2.75) is 51.6 Å². The highest BCUT2D eigenvalue weighted by molar-refractivity contribution is 9.10. The molecular weight excluding hydrogens is 330 g/mol. The van der Waals surface area contributed by atoms with Gasteiger partial charge in [0.25, 0.3) is 0 Å². The molecule has 0 radical (unpaired) electrons. The molecule has 0 spiro atoms. The third-order valence-electron chi connectivity index (χ3n) is 4.51. The Morgan fingerprint density at radius 2 is 1.86 bits per heavy atom. The molecule has 0 heterocycles. The standard InChI is InChI=1S/C17H26BrNO2/c1-4-12-5-7-14(8-6-12)19-11-13-9-15(18)17(21-3)16(10-13)20-2/h9-10,12,14,19H,4-8,11H2,1-3H3. The van der Waals surface area contributed by atoms with Gasteiger partial charge in [-0.3, -0.25) is 0 Å². The lowest BCUT2D eigenvalue weighted by Gasteiger charge is -2.28. The van der Waals surface area contributed by atoms with Crippen LogP contribution in [0.2, 0.25) is 0 Å². The van der Waals surface area contributed by atoms with Gasteiger partial charge in [0.05, 0.1) is 18.7 Å². The molecule has 118 valence electrons. The summed E-state index contributed by atoms with van der Waals surface area (Å²) in [6, 6.07) is 4.81. The zero-order chi connectivity index (χ0) is 15.2. The number of methoxy groups -OCH3 is 2. The molecule has 0 amide bonds. The average Bonchev–Trinajstić information content (AvgIpc) is 2.52. The summed E-state index contributed by atoms with van der Waals surface area (Å²) in [5.41, 5.74) is 1.22. The first kappa shape index (κ1) is 16.6. The van der Waals surface area contributed by atoms with E-state index in [1.165, 1.54) is 37.7 Å². The molecule has 0 unspecified atom stereocenters. The van der Waals surface area contributed by atoms with Crippen molar-refractivity contribution in [2.75, 3.05) is 14.2 Å². The van der Waals surface area contributed by atoms with E-state index in [0.29, 0.717) is 6.04 Å². The van der Waals surface area contributed by atoms with Crippen LogP contribution in [0.1, 0.15) is 44.6 Å². The lowest BCUT2D eigenvalue weighted by molar-refractivity contribution is 0.285. The Morgan fingerprint density at radius 3 is 2.43 bits per heavy atom. The van der Waals surface area contributed by atoms with Crippen molar-refractivity contribution in [1.29, 1.82) is 0 Å². The summed E-state index contributed by atoms with van der Waals surface area (Å²) >= 11 is 3.55. The van der Waals surface area contributed by atoms with Crippen molar-refractivity contribution in [3.8, 4) is 11.5 Å². The smallest absolute Gasteiger partial charge is 0.174 e. The van der Waals surface area contributed by atoms with Crippen LogP contribution in [0.5, 0.6) is 11.5 Å². The molecular formula is C17H26BrNO2. The molecule has 1 aromatic carbocycles. The Hall–Kier alpha value is -0.740. The minimum absolute atomic E-state index is 0.652. The number of ether oxygens (including phenoxy) is 2. The molecule has 1 N–H and O–H groups in total. The second-order valence-corrected chi connectivity index (χ2v) is 6.67. The fourth-order valence-electron chi connectivity index (χ4n) is 3.11. The minimum Gasteiger partial charge on any atom is -0.493 e. The summed E-state index contributed by atoms with van der Waals surface area (Å²) in [5.74, 6) is 2.47. The second kappa shape index (κ2) is 8.04. The largest absolute Gasteiger partial charge is 0.493 e. The van der Waals surface area contributed by atoms with Gasteiger partial charge in [-0.15, -0.1) is 0 Å². The van der Waals surface area contributed by atoms with Crippen LogP contribution in [0.15, 0.2) is 16.6 Å². The maximum absolute atomic E-state index is 5.40. The maximum atomic E-state index is 5.40. The van der Waals surface area contributed by atoms with E-state index in [0.717, 1.165) is 28.4 Å². The van der Waals surface area contributed by atoms with E-state index in [1.54, 1.807) is 14.2 Å². The number of halogens is 1. The first-order chi connectivity index (χ1) is 10.2.